The van der Waals surface area contributed by atoms with Crippen molar-refractivity contribution < 1.29 is 14.3 Å². The molecule has 1 aliphatic rings. The Bertz CT molecular complexity index is 1100. The number of rotatable bonds is 8. The van der Waals surface area contributed by atoms with Gasteiger partial charge in [0.05, 0.1) is 17.7 Å². The highest BCUT2D eigenvalue weighted by molar-refractivity contribution is 5.90. The number of amides is 1. The van der Waals surface area contributed by atoms with Gasteiger partial charge in [0.15, 0.2) is 0 Å². The number of carbonyl (C=O) groups excluding carboxylic acids is 2. The topological polar surface area (TPSA) is 99.0 Å². The van der Waals surface area contributed by atoms with E-state index in [2.05, 4.69) is 45.0 Å². The first kappa shape index (κ1) is 21.7. The predicted molar refractivity (Wildman–Crippen MR) is 119 cm³/mol. The van der Waals surface area contributed by atoms with Crippen molar-refractivity contribution in [2.75, 3.05) is 0 Å². The van der Waals surface area contributed by atoms with Crippen molar-refractivity contribution in [1.29, 1.82) is 0 Å². The van der Waals surface area contributed by atoms with E-state index < -0.39 is 5.97 Å². The van der Waals surface area contributed by atoms with Crippen LogP contribution in [0, 0.1) is 12.8 Å². The smallest absolute Gasteiger partial charge is 0.338 e. The van der Waals surface area contributed by atoms with Crippen LogP contribution in [0.3, 0.4) is 0 Å². The molecule has 1 N–H and O–H groups in total. The fourth-order valence-corrected chi connectivity index (χ4v) is 3.52. The lowest BCUT2D eigenvalue weighted by molar-refractivity contribution is -0.123. The summed E-state index contributed by atoms with van der Waals surface area (Å²) >= 11 is 0. The minimum absolute atomic E-state index is 0.00487. The minimum atomic E-state index is -0.407. The monoisotopic (exact) mass is 433 g/mol. The van der Waals surface area contributed by atoms with Crippen molar-refractivity contribution in [2.24, 2.45) is 5.92 Å². The highest BCUT2D eigenvalue weighted by Gasteiger charge is 2.33. The van der Waals surface area contributed by atoms with E-state index in [0.717, 1.165) is 18.4 Å². The molecular formula is C24H27N5O3. The number of nitrogens with one attached hydrogen (secondary N) is 1. The summed E-state index contributed by atoms with van der Waals surface area (Å²) in [5, 5.41) is 15.5. The van der Waals surface area contributed by atoms with Gasteiger partial charge in [0.1, 0.15) is 6.54 Å². The number of aromatic nitrogens is 4. The quantitative estimate of drug-likeness (QED) is 0.546. The Labute approximate surface area is 187 Å². The summed E-state index contributed by atoms with van der Waals surface area (Å²) in [6.45, 7) is 5.61. The van der Waals surface area contributed by atoms with E-state index in [-0.39, 0.29) is 24.6 Å². The Kier molecular flexibility index (Phi) is 6.30. The van der Waals surface area contributed by atoms with E-state index in [1.165, 1.54) is 10.4 Å². The van der Waals surface area contributed by atoms with Crippen molar-refractivity contribution in [3.05, 3.63) is 65.2 Å². The van der Waals surface area contributed by atoms with E-state index in [4.69, 9.17) is 4.74 Å². The summed E-state index contributed by atoms with van der Waals surface area (Å²) in [6, 6.07) is 15.1. The number of carbonyl (C=O) groups is 2. The first-order chi connectivity index (χ1) is 15.4. The lowest BCUT2D eigenvalue weighted by atomic mass is 10.0. The fourth-order valence-electron chi connectivity index (χ4n) is 3.52. The van der Waals surface area contributed by atoms with E-state index in [9.17, 15) is 9.59 Å². The molecule has 166 valence electrons. The first-order valence-electron chi connectivity index (χ1n) is 10.8. The molecule has 1 atom stereocenters. The molecule has 1 unspecified atom stereocenters. The van der Waals surface area contributed by atoms with Crippen LogP contribution in [0.25, 0.3) is 11.4 Å². The van der Waals surface area contributed by atoms with Gasteiger partial charge in [0.2, 0.25) is 11.7 Å². The van der Waals surface area contributed by atoms with Crippen LogP contribution in [-0.2, 0) is 16.1 Å². The number of ether oxygens (including phenoxy) is 1. The van der Waals surface area contributed by atoms with Crippen LogP contribution < -0.4 is 5.32 Å². The van der Waals surface area contributed by atoms with Gasteiger partial charge in [-0.15, -0.1) is 10.2 Å². The number of nitrogens with zero attached hydrogens (tertiary/aromatic N) is 4. The van der Waals surface area contributed by atoms with Crippen LogP contribution >= 0.6 is 0 Å². The van der Waals surface area contributed by atoms with Gasteiger partial charge in [-0.2, -0.15) is 4.80 Å². The van der Waals surface area contributed by atoms with Crippen LogP contribution in [0.1, 0.15) is 54.2 Å². The average molecular weight is 434 g/mol. The standard InChI is InChI=1S/C24H27N5O3/c1-15(2)32-24(31)20-6-4-5-19(13-20)23-26-28-29(27-23)14-21(30)25-22(18-11-12-18)17-9-7-16(3)8-10-17/h4-10,13,15,18,22H,11-12,14H2,1-3H3,(H,25,30). The summed E-state index contributed by atoms with van der Waals surface area (Å²) in [7, 11) is 0. The molecular weight excluding hydrogens is 406 g/mol. The second-order valence-corrected chi connectivity index (χ2v) is 8.47. The molecule has 1 aromatic heterocycles. The Morgan fingerprint density at radius 1 is 1.16 bits per heavy atom. The Hall–Kier alpha value is -3.55. The van der Waals surface area contributed by atoms with Crippen molar-refractivity contribution in [3.63, 3.8) is 0 Å². The van der Waals surface area contributed by atoms with Gasteiger partial charge in [-0.3, -0.25) is 4.79 Å². The molecule has 1 amide bonds. The number of hydrogen-bond donors (Lipinski definition) is 1. The molecule has 1 saturated carbocycles. The number of hydrogen-bond acceptors (Lipinski definition) is 6. The van der Waals surface area contributed by atoms with Crippen LogP contribution in [0.2, 0.25) is 0 Å². The predicted octanol–water partition coefficient (Wildman–Crippen LogP) is 3.48. The second-order valence-electron chi connectivity index (χ2n) is 8.47. The van der Waals surface area contributed by atoms with Gasteiger partial charge >= 0.3 is 5.97 Å². The van der Waals surface area contributed by atoms with Crippen LogP contribution in [0.4, 0.5) is 0 Å². The van der Waals surface area contributed by atoms with Gasteiger partial charge in [0.25, 0.3) is 0 Å². The zero-order chi connectivity index (χ0) is 22.7. The average Bonchev–Trinajstić information content (AvgIpc) is 3.51. The Morgan fingerprint density at radius 2 is 1.91 bits per heavy atom. The molecule has 8 heteroatoms. The van der Waals surface area contributed by atoms with Crippen LogP contribution in [-0.4, -0.2) is 38.2 Å². The normalized spacial score (nSPS) is 14.2. The molecule has 1 fully saturated rings. The third kappa shape index (κ3) is 5.38. The highest BCUT2D eigenvalue weighted by atomic mass is 16.5. The van der Waals surface area contributed by atoms with Crippen molar-refractivity contribution in [1.82, 2.24) is 25.5 Å². The SMILES string of the molecule is Cc1ccc(C(NC(=O)Cn2nnc(-c3cccc(C(=O)OC(C)C)c3)n2)C2CC2)cc1. The van der Waals surface area contributed by atoms with Crippen molar-refractivity contribution in [3.8, 4) is 11.4 Å². The van der Waals surface area contributed by atoms with E-state index in [0.29, 0.717) is 22.9 Å². The van der Waals surface area contributed by atoms with E-state index in [1.807, 2.05) is 6.92 Å². The lowest BCUT2D eigenvalue weighted by Crippen LogP contribution is -2.33. The maximum absolute atomic E-state index is 12.7. The molecule has 8 nitrogen and oxygen atoms in total. The first-order valence-corrected chi connectivity index (χ1v) is 10.8. The van der Waals surface area contributed by atoms with Gasteiger partial charge in [-0.25, -0.2) is 4.79 Å². The number of benzene rings is 2. The largest absolute Gasteiger partial charge is 0.459 e. The molecule has 3 aromatic rings. The van der Waals surface area contributed by atoms with Gasteiger partial charge in [-0.1, -0.05) is 42.0 Å². The molecule has 0 spiro atoms. The molecule has 1 heterocycles. The molecule has 4 rings (SSSR count). The summed E-state index contributed by atoms with van der Waals surface area (Å²) in [4.78, 5) is 26.1. The van der Waals surface area contributed by atoms with Gasteiger partial charge in [0, 0.05) is 5.56 Å². The molecule has 0 radical (unpaired) electrons. The molecule has 0 bridgehead atoms. The van der Waals surface area contributed by atoms with Crippen molar-refractivity contribution in [2.45, 2.75) is 52.3 Å². The molecule has 32 heavy (non-hydrogen) atoms. The zero-order valence-electron chi connectivity index (χ0n) is 18.5. The number of tetrazole rings is 1. The van der Waals surface area contributed by atoms with Gasteiger partial charge in [-0.05, 0) is 62.4 Å². The Morgan fingerprint density at radius 3 is 2.59 bits per heavy atom. The van der Waals surface area contributed by atoms with Crippen LogP contribution in [0.15, 0.2) is 48.5 Å². The third-order valence-corrected chi connectivity index (χ3v) is 5.28. The third-order valence-electron chi connectivity index (χ3n) is 5.28. The zero-order valence-corrected chi connectivity index (χ0v) is 18.5. The van der Waals surface area contributed by atoms with Gasteiger partial charge < -0.3 is 10.1 Å². The molecule has 0 aliphatic heterocycles. The van der Waals surface area contributed by atoms with Crippen LogP contribution in [0.5, 0.6) is 0 Å². The maximum atomic E-state index is 12.7. The highest BCUT2D eigenvalue weighted by Crippen LogP contribution is 2.41. The molecule has 2 aromatic carbocycles. The summed E-state index contributed by atoms with van der Waals surface area (Å²) in [5.74, 6) is 0.236. The van der Waals surface area contributed by atoms with E-state index >= 15 is 0 Å². The van der Waals surface area contributed by atoms with Crippen molar-refractivity contribution >= 4 is 11.9 Å². The minimum Gasteiger partial charge on any atom is -0.459 e. The number of aryl methyl sites for hydroxylation is 1. The maximum Gasteiger partial charge on any atom is 0.338 e. The number of esters is 1. The summed E-state index contributed by atoms with van der Waals surface area (Å²) < 4.78 is 5.24. The second kappa shape index (κ2) is 9.30. The van der Waals surface area contributed by atoms with E-state index in [1.54, 1.807) is 38.1 Å². The fraction of sp³-hybridized carbons (Fsp3) is 0.375. The molecule has 1 aliphatic carbocycles. The molecule has 0 saturated heterocycles. The summed E-state index contributed by atoms with van der Waals surface area (Å²) in [6.07, 6.45) is 2.02. The summed E-state index contributed by atoms with van der Waals surface area (Å²) in [5.41, 5.74) is 3.35. The lowest BCUT2D eigenvalue weighted by Gasteiger charge is -2.18. The Balaban J connectivity index is 1.42.